The lowest BCUT2D eigenvalue weighted by atomic mass is 9.36. The van der Waals surface area contributed by atoms with Crippen molar-refractivity contribution in [1.82, 2.24) is 0 Å². The molecule has 3 heterocycles. The van der Waals surface area contributed by atoms with E-state index in [9.17, 15) is 0 Å². The fourth-order valence-electron chi connectivity index (χ4n) is 11.8. The fourth-order valence-corrected chi connectivity index (χ4v) is 13.5. The molecule has 4 heteroatoms. The lowest BCUT2D eigenvalue weighted by Gasteiger charge is -2.43. The van der Waals surface area contributed by atoms with E-state index in [1.54, 1.807) is 0 Å². The van der Waals surface area contributed by atoms with E-state index in [0.29, 0.717) is 5.56 Å². The highest BCUT2D eigenvalue weighted by Gasteiger charge is 2.56. The molecule has 0 amide bonds. The van der Waals surface area contributed by atoms with E-state index < -0.39 is 12.3 Å². The van der Waals surface area contributed by atoms with Gasteiger partial charge < -0.3 is 9.80 Å². The van der Waals surface area contributed by atoms with Crippen LogP contribution in [-0.2, 0) is 5.41 Å². The standard InChI is InChI=1S/C61H41BN2S/c1-38-35-47(40-19-6-3-7-20-40)48(36-39(38)2)41-33-34-52-55(37-41)63(42-21-8-4-9-22-42)53-31-18-32-54-57(53)62(52)60-58(64(54)43-23-10-5-11-24-43)56-46-27-14-17-30-51(46)61(59(56)65-60)49-28-15-12-25-44(49)45-26-13-16-29-50(45)61/h3-37H,1-2H3/i1D3. The first-order valence-electron chi connectivity index (χ1n) is 24.0. The van der Waals surface area contributed by atoms with E-state index in [1.807, 2.05) is 42.5 Å². The lowest BCUT2D eigenvalue weighted by Crippen LogP contribution is -2.60. The molecule has 0 fully saturated rings. The fraction of sp³-hybridized carbons (Fsp3) is 0.0492. The molecule has 65 heavy (non-hydrogen) atoms. The molecule has 0 saturated carbocycles. The molecule has 9 aromatic carbocycles. The number of benzene rings is 9. The predicted octanol–water partition coefficient (Wildman–Crippen LogP) is 14.1. The van der Waals surface area contributed by atoms with E-state index in [0.717, 1.165) is 50.6 Å². The van der Waals surface area contributed by atoms with Crippen LogP contribution in [0.15, 0.2) is 212 Å². The van der Waals surface area contributed by atoms with Crippen LogP contribution in [0.1, 0.15) is 36.8 Å². The third-order valence-electron chi connectivity index (χ3n) is 14.5. The molecule has 1 aromatic heterocycles. The molecule has 0 unspecified atom stereocenters. The van der Waals surface area contributed by atoms with Gasteiger partial charge in [-0.1, -0.05) is 170 Å². The van der Waals surface area contributed by atoms with Crippen LogP contribution in [-0.4, -0.2) is 6.71 Å². The van der Waals surface area contributed by atoms with Gasteiger partial charge in [-0.3, -0.25) is 0 Å². The summed E-state index contributed by atoms with van der Waals surface area (Å²) in [6.45, 7) is -0.404. The van der Waals surface area contributed by atoms with Crippen LogP contribution in [0.5, 0.6) is 0 Å². The van der Waals surface area contributed by atoms with Gasteiger partial charge in [0, 0.05) is 47.8 Å². The number of hydrogen-bond acceptors (Lipinski definition) is 3. The van der Waals surface area contributed by atoms with Crippen molar-refractivity contribution < 1.29 is 4.11 Å². The van der Waals surface area contributed by atoms with Gasteiger partial charge in [-0.05, 0) is 134 Å². The van der Waals surface area contributed by atoms with Crippen LogP contribution < -0.4 is 25.5 Å². The summed E-state index contributed by atoms with van der Waals surface area (Å²) >= 11 is 1.99. The smallest absolute Gasteiger partial charge is 0.264 e. The van der Waals surface area contributed by atoms with Crippen molar-refractivity contribution in [2.45, 2.75) is 19.2 Å². The van der Waals surface area contributed by atoms with Gasteiger partial charge in [0.15, 0.2) is 0 Å². The molecule has 0 atom stereocenters. The molecule has 0 saturated heterocycles. The van der Waals surface area contributed by atoms with Gasteiger partial charge >= 0.3 is 0 Å². The van der Waals surface area contributed by atoms with Crippen LogP contribution in [0.4, 0.5) is 34.1 Å². The summed E-state index contributed by atoms with van der Waals surface area (Å²) in [6, 6.07) is 77.0. The second-order valence-electron chi connectivity index (χ2n) is 17.7. The maximum absolute atomic E-state index is 8.48. The summed E-state index contributed by atoms with van der Waals surface area (Å²) in [6.07, 6.45) is 0. The minimum absolute atomic E-state index is 0.0832. The van der Waals surface area contributed by atoms with Crippen molar-refractivity contribution in [2.75, 3.05) is 9.80 Å². The maximum Gasteiger partial charge on any atom is 0.264 e. The molecule has 304 valence electrons. The summed E-state index contributed by atoms with van der Waals surface area (Å²) in [5.74, 6) is 0. The van der Waals surface area contributed by atoms with Crippen LogP contribution in [0.3, 0.4) is 0 Å². The van der Waals surface area contributed by atoms with Crippen molar-refractivity contribution in [2.24, 2.45) is 0 Å². The van der Waals surface area contributed by atoms with Crippen LogP contribution >= 0.6 is 11.3 Å². The van der Waals surface area contributed by atoms with Crippen molar-refractivity contribution in [1.29, 1.82) is 0 Å². The zero-order valence-electron chi connectivity index (χ0n) is 38.6. The van der Waals surface area contributed by atoms with E-state index in [4.69, 9.17) is 4.11 Å². The molecule has 0 radical (unpaired) electrons. The van der Waals surface area contributed by atoms with Gasteiger partial charge in [-0.15, -0.1) is 11.3 Å². The highest BCUT2D eigenvalue weighted by atomic mass is 32.1. The first-order valence-corrected chi connectivity index (χ1v) is 23.3. The number of fused-ring (bicyclic) bond motifs is 15. The van der Waals surface area contributed by atoms with Gasteiger partial charge in [0.2, 0.25) is 0 Å². The van der Waals surface area contributed by atoms with Crippen molar-refractivity contribution >= 4 is 67.9 Å². The Labute approximate surface area is 388 Å². The Hall–Kier alpha value is -7.66. The van der Waals surface area contributed by atoms with E-state index in [1.165, 1.54) is 70.9 Å². The summed E-state index contributed by atoms with van der Waals surface area (Å²) in [5, 5.41) is 0. The van der Waals surface area contributed by atoms with E-state index >= 15 is 0 Å². The second kappa shape index (κ2) is 13.7. The Kier molecular flexibility index (Phi) is 7.12. The molecule has 4 aliphatic rings. The molecule has 2 aliphatic carbocycles. The highest BCUT2D eigenvalue weighted by molar-refractivity contribution is 7.30. The normalized spacial score (nSPS) is 14.9. The number of thiophene rings is 1. The molecule has 14 rings (SSSR count). The van der Waals surface area contributed by atoms with Crippen molar-refractivity contribution in [3.63, 3.8) is 0 Å². The Morgan fingerprint density at radius 2 is 1.00 bits per heavy atom. The molecule has 2 nitrogen and oxygen atoms in total. The van der Waals surface area contributed by atoms with Crippen molar-refractivity contribution in [3.8, 4) is 44.5 Å². The highest BCUT2D eigenvalue weighted by Crippen LogP contribution is 2.66. The Bertz CT molecular complexity index is 3670. The minimum atomic E-state index is -2.25. The Morgan fingerprint density at radius 3 is 1.66 bits per heavy atom. The van der Waals surface area contributed by atoms with E-state index in [2.05, 4.69) is 198 Å². The summed E-state index contributed by atoms with van der Waals surface area (Å²) in [4.78, 5) is 6.39. The number of para-hydroxylation sites is 2. The van der Waals surface area contributed by atoms with Crippen LogP contribution in [0.25, 0.3) is 44.5 Å². The third-order valence-corrected chi connectivity index (χ3v) is 15.9. The molecule has 2 aliphatic heterocycles. The van der Waals surface area contributed by atoms with Crippen LogP contribution in [0, 0.1) is 13.8 Å². The number of nitrogens with zero attached hydrogens (tertiary/aromatic N) is 2. The van der Waals surface area contributed by atoms with Crippen LogP contribution in [0.2, 0.25) is 0 Å². The number of anilines is 6. The Morgan fingerprint density at radius 1 is 0.462 bits per heavy atom. The third kappa shape index (κ3) is 4.90. The summed E-state index contributed by atoms with van der Waals surface area (Å²) in [5.41, 5.74) is 23.2. The zero-order valence-corrected chi connectivity index (χ0v) is 36.4. The van der Waals surface area contributed by atoms with Gasteiger partial charge in [0.05, 0.1) is 11.1 Å². The molecule has 0 N–H and O–H groups in total. The van der Waals surface area contributed by atoms with Crippen molar-refractivity contribution in [3.05, 3.63) is 245 Å². The maximum atomic E-state index is 8.48. The van der Waals surface area contributed by atoms with Gasteiger partial charge in [0.25, 0.3) is 6.71 Å². The SMILES string of the molecule is [2H]C([2H])([2H])c1cc(-c2ccccc2)c(-c2ccc3c(c2)N(c2ccccc2)c2cccc4c2B3c2sc3c(c2N4c2ccccc2)-c2ccccc2C32c3ccccc3-c3ccccc32)cc1C. The van der Waals surface area contributed by atoms with Gasteiger partial charge in [0.1, 0.15) is 0 Å². The first-order chi connectivity index (χ1) is 33.3. The number of hydrogen-bond donors (Lipinski definition) is 0. The summed E-state index contributed by atoms with van der Waals surface area (Å²) < 4.78 is 26.8. The molecule has 0 bridgehead atoms. The number of rotatable bonds is 4. The first kappa shape index (κ1) is 33.8. The minimum Gasteiger partial charge on any atom is -0.311 e. The summed E-state index contributed by atoms with van der Waals surface area (Å²) in [7, 11) is 0. The topological polar surface area (TPSA) is 6.48 Å². The zero-order chi connectivity index (χ0) is 45.5. The molecule has 1 spiro atoms. The quantitative estimate of drug-likeness (QED) is 0.163. The molecule has 10 aromatic rings. The largest absolute Gasteiger partial charge is 0.311 e. The van der Waals surface area contributed by atoms with E-state index in [-0.39, 0.29) is 6.71 Å². The average Bonchev–Trinajstić information content (AvgIpc) is 4.01. The van der Waals surface area contributed by atoms with Gasteiger partial charge in [-0.25, -0.2) is 0 Å². The molecular weight excluding hydrogens is 804 g/mol. The Balaban J connectivity index is 1.08. The lowest BCUT2D eigenvalue weighted by molar-refractivity contribution is 0.811. The number of aryl methyl sites for hydroxylation is 2. The predicted molar refractivity (Wildman–Crippen MR) is 275 cm³/mol. The second-order valence-corrected chi connectivity index (χ2v) is 18.8. The van der Waals surface area contributed by atoms with Gasteiger partial charge in [-0.2, -0.15) is 0 Å². The average molecular weight is 848 g/mol. The molecular formula is C61H41BN2S. The monoisotopic (exact) mass is 847 g/mol.